The third-order valence-electron chi connectivity index (χ3n) is 5.81. The predicted molar refractivity (Wildman–Crippen MR) is 129 cm³/mol. The van der Waals surface area contributed by atoms with Gasteiger partial charge in [0.1, 0.15) is 11.6 Å². The minimum atomic E-state index is -0.918. The molecule has 3 N–H and O–H groups in total. The van der Waals surface area contributed by atoms with Crippen molar-refractivity contribution < 1.29 is 23.1 Å². The number of amides is 4. The molecule has 0 saturated carbocycles. The number of carbonyl (C=O) groups excluding carboxylic acids is 2. The van der Waals surface area contributed by atoms with Crippen molar-refractivity contribution in [1.82, 2.24) is 9.88 Å². The Bertz CT molecular complexity index is 1200. The van der Waals surface area contributed by atoms with Crippen LogP contribution in [0.25, 0.3) is 0 Å². The number of pyridine rings is 1. The highest BCUT2D eigenvalue weighted by Gasteiger charge is 2.24. The molecular formula is C25H25F2N5O3. The van der Waals surface area contributed by atoms with Crippen molar-refractivity contribution in [1.29, 1.82) is 0 Å². The van der Waals surface area contributed by atoms with Crippen LogP contribution in [0.3, 0.4) is 0 Å². The highest BCUT2D eigenvalue weighted by atomic mass is 19.1. The Morgan fingerprint density at radius 3 is 2.40 bits per heavy atom. The average Bonchev–Trinajstić information content (AvgIpc) is 2.86. The van der Waals surface area contributed by atoms with E-state index in [1.807, 2.05) is 30.3 Å². The smallest absolute Gasteiger partial charge is 0.323 e. The van der Waals surface area contributed by atoms with Gasteiger partial charge in [-0.3, -0.25) is 5.32 Å². The quantitative estimate of drug-likeness (QED) is 0.453. The lowest BCUT2D eigenvalue weighted by Crippen LogP contribution is -2.40. The van der Waals surface area contributed by atoms with Gasteiger partial charge in [0.2, 0.25) is 0 Å². The molecule has 0 spiro atoms. The van der Waals surface area contributed by atoms with Crippen LogP contribution in [0.2, 0.25) is 0 Å². The summed E-state index contributed by atoms with van der Waals surface area (Å²) < 4.78 is 32.0. The molecule has 2 aromatic carbocycles. The van der Waals surface area contributed by atoms with E-state index in [1.54, 1.807) is 23.1 Å². The molecule has 1 aliphatic rings. The molecule has 0 unspecified atom stereocenters. The van der Waals surface area contributed by atoms with E-state index in [2.05, 4.69) is 20.9 Å². The zero-order chi connectivity index (χ0) is 24.8. The minimum Gasteiger partial charge on any atom is -0.495 e. The van der Waals surface area contributed by atoms with Gasteiger partial charge >= 0.3 is 12.1 Å². The second-order valence-electron chi connectivity index (χ2n) is 8.08. The number of para-hydroxylation sites is 2. The zero-order valence-corrected chi connectivity index (χ0v) is 19.1. The summed E-state index contributed by atoms with van der Waals surface area (Å²) in [6.07, 6.45) is 2.31. The molecule has 1 fully saturated rings. The molecule has 35 heavy (non-hydrogen) atoms. The first-order chi connectivity index (χ1) is 16.9. The molecule has 0 bridgehead atoms. The number of anilines is 3. The number of nitrogens with one attached hydrogen (secondary N) is 3. The molecule has 10 heteroatoms. The number of hydrogen-bond donors (Lipinski definition) is 3. The second-order valence-corrected chi connectivity index (χ2v) is 8.08. The van der Waals surface area contributed by atoms with E-state index < -0.39 is 17.7 Å². The Kier molecular flexibility index (Phi) is 7.39. The zero-order valence-electron chi connectivity index (χ0n) is 19.1. The lowest BCUT2D eigenvalue weighted by molar-refractivity contribution is 0.194. The van der Waals surface area contributed by atoms with Gasteiger partial charge in [-0.25, -0.2) is 23.4 Å². The first-order valence-corrected chi connectivity index (χ1v) is 11.1. The van der Waals surface area contributed by atoms with Gasteiger partial charge in [-0.05, 0) is 48.6 Å². The Balaban J connectivity index is 1.28. The van der Waals surface area contributed by atoms with Crippen molar-refractivity contribution in [2.45, 2.75) is 18.8 Å². The maximum absolute atomic E-state index is 13.7. The van der Waals surface area contributed by atoms with Gasteiger partial charge in [0.25, 0.3) is 0 Å². The van der Waals surface area contributed by atoms with Gasteiger partial charge in [0, 0.05) is 24.8 Å². The number of urea groups is 2. The molecule has 1 aliphatic heterocycles. The number of likely N-dealkylation sites (tertiary alicyclic amines) is 1. The van der Waals surface area contributed by atoms with Crippen LogP contribution in [0, 0.1) is 11.6 Å². The maximum Gasteiger partial charge on any atom is 0.323 e. The van der Waals surface area contributed by atoms with Gasteiger partial charge in [-0.2, -0.15) is 0 Å². The van der Waals surface area contributed by atoms with Crippen LogP contribution in [0.1, 0.15) is 24.3 Å². The number of ether oxygens (including phenoxy) is 1. The maximum atomic E-state index is 13.7. The molecule has 4 rings (SSSR count). The number of piperidine rings is 1. The van der Waals surface area contributed by atoms with E-state index in [9.17, 15) is 18.4 Å². The van der Waals surface area contributed by atoms with E-state index >= 15 is 0 Å². The molecule has 0 atom stereocenters. The number of benzene rings is 2. The molecule has 182 valence electrons. The number of halogens is 2. The third kappa shape index (κ3) is 6.03. The minimum absolute atomic E-state index is 0.246. The Hall–Kier alpha value is -4.21. The topological polar surface area (TPSA) is 95.6 Å². The molecule has 4 amide bonds. The highest BCUT2D eigenvalue weighted by molar-refractivity contribution is 6.00. The molecule has 1 aromatic heterocycles. The van der Waals surface area contributed by atoms with Crippen LogP contribution in [-0.4, -0.2) is 42.1 Å². The van der Waals surface area contributed by atoms with Crippen molar-refractivity contribution in [2.24, 2.45) is 0 Å². The third-order valence-corrected chi connectivity index (χ3v) is 5.81. The normalized spacial score (nSPS) is 13.7. The van der Waals surface area contributed by atoms with E-state index in [1.165, 1.54) is 7.11 Å². The van der Waals surface area contributed by atoms with Crippen LogP contribution in [0.5, 0.6) is 5.75 Å². The number of rotatable bonds is 5. The summed E-state index contributed by atoms with van der Waals surface area (Å²) in [5.41, 5.74) is 2.32. The van der Waals surface area contributed by atoms with Crippen molar-refractivity contribution in [3.8, 4) is 5.75 Å². The van der Waals surface area contributed by atoms with E-state index in [0.29, 0.717) is 36.3 Å². The molecule has 1 saturated heterocycles. The van der Waals surface area contributed by atoms with Crippen LogP contribution >= 0.6 is 0 Å². The molecule has 8 nitrogen and oxygen atoms in total. The number of methoxy groups -OCH3 is 1. The molecule has 3 aromatic rings. The Morgan fingerprint density at radius 1 is 1.00 bits per heavy atom. The van der Waals surface area contributed by atoms with Crippen molar-refractivity contribution >= 4 is 29.3 Å². The van der Waals surface area contributed by atoms with Crippen LogP contribution in [0.15, 0.2) is 60.8 Å². The summed E-state index contributed by atoms with van der Waals surface area (Å²) >= 11 is 0. The van der Waals surface area contributed by atoms with Gasteiger partial charge in [-0.15, -0.1) is 0 Å². The van der Waals surface area contributed by atoms with Crippen molar-refractivity contribution in [3.63, 3.8) is 0 Å². The van der Waals surface area contributed by atoms with E-state index in [-0.39, 0.29) is 17.8 Å². The van der Waals surface area contributed by atoms with Crippen molar-refractivity contribution in [3.05, 3.63) is 78.0 Å². The predicted octanol–water partition coefficient (Wildman–Crippen LogP) is 5.42. The fourth-order valence-electron chi connectivity index (χ4n) is 3.97. The van der Waals surface area contributed by atoms with Gasteiger partial charge < -0.3 is 20.3 Å². The summed E-state index contributed by atoms with van der Waals surface area (Å²) in [5, 5.41) is 7.95. The van der Waals surface area contributed by atoms with Crippen LogP contribution < -0.4 is 20.7 Å². The van der Waals surface area contributed by atoms with Crippen LogP contribution in [0.4, 0.5) is 35.6 Å². The summed E-state index contributed by atoms with van der Waals surface area (Å²) in [6.45, 7) is 0.973. The number of aromatic nitrogens is 1. The number of hydrogen-bond acceptors (Lipinski definition) is 4. The van der Waals surface area contributed by atoms with E-state index in [4.69, 9.17) is 4.74 Å². The Morgan fingerprint density at radius 2 is 1.71 bits per heavy atom. The molecule has 0 radical (unpaired) electrons. The monoisotopic (exact) mass is 481 g/mol. The summed E-state index contributed by atoms with van der Waals surface area (Å²) in [7, 11) is 1.54. The van der Waals surface area contributed by atoms with Gasteiger partial charge in [0.05, 0.1) is 19.0 Å². The summed E-state index contributed by atoms with van der Waals surface area (Å²) in [5.74, 6) is -1.21. The largest absolute Gasteiger partial charge is 0.495 e. The SMILES string of the molecule is COc1ccccc1NC(=O)Nc1ccc(C2CCN(C(=O)Nc3ncc(F)cc3F)CC2)cc1. The summed E-state index contributed by atoms with van der Waals surface area (Å²) in [4.78, 5) is 29.9. The average molecular weight is 482 g/mol. The lowest BCUT2D eigenvalue weighted by atomic mass is 9.89. The van der Waals surface area contributed by atoms with Gasteiger partial charge in [-0.1, -0.05) is 24.3 Å². The van der Waals surface area contributed by atoms with Crippen LogP contribution in [-0.2, 0) is 0 Å². The van der Waals surface area contributed by atoms with Crippen molar-refractivity contribution in [2.75, 3.05) is 36.1 Å². The Labute approximate surface area is 201 Å². The standard InChI is InChI=1S/C25H25F2N5O3/c1-35-22-5-3-2-4-21(22)30-24(33)29-19-8-6-16(7-9-19)17-10-12-32(13-11-17)25(34)31-23-20(27)14-18(26)15-28-23/h2-9,14-15,17H,10-13H2,1H3,(H,28,31,34)(H2,29,30,33). The van der Waals surface area contributed by atoms with Gasteiger partial charge in [0.15, 0.2) is 11.6 Å². The second kappa shape index (κ2) is 10.8. The number of nitrogens with zero attached hydrogens (tertiary/aromatic N) is 2. The fraction of sp³-hybridized carbons (Fsp3) is 0.240. The van der Waals surface area contributed by atoms with E-state index in [0.717, 1.165) is 24.6 Å². The fourth-order valence-corrected chi connectivity index (χ4v) is 3.97. The molecule has 2 heterocycles. The number of carbonyl (C=O) groups is 2. The lowest BCUT2D eigenvalue weighted by Gasteiger charge is -2.32. The first-order valence-electron chi connectivity index (χ1n) is 11.1. The summed E-state index contributed by atoms with van der Waals surface area (Å²) in [6, 6.07) is 14.5. The molecule has 0 aliphatic carbocycles. The molecular weight excluding hydrogens is 456 g/mol. The highest BCUT2D eigenvalue weighted by Crippen LogP contribution is 2.29. The first kappa shape index (κ1) is 23.9.